The van der Waals surface area contributed by atoms with Gasteiger partial charge in [0, 0.05) is 28.4 Å². The molecule has 2 aromatic heterocycles. The predicted molar refractivity (Wildman–Crippen MR) is 172 cm³/mol. The second-order valence-electron chi connectivity index (χ2n) is 10.8. The summed E-state index contributed by atoms with van der Waals surface area (Å²) in [5.41, 5.74) is 7.22. The Morgan fingerprint density at radius 1 is 0.683 bits per heavy atom. The van der Waals surface area contributed by atoms with E-state index in [4.69, 9.17) is 5.10 Å². The van der Waals surface area contributed by atoms with Crippen molar-refractivity contribution in [3.63, 3.8) is 0 Å². The number of hydrazone groups is 1. The second-order valence-corrected chi connectivity index (χ2v) is 10.8. The number of aryl methyl sites for hydroxylation is 1. The number of hydrogen-bond donors (Lipinski definition) is 1. The van der Waals surface area contributed by atoms with Crippen LogP contribution in [0, 0.1) is 0 Å². The van der Waals surface area contributed by atoms with Gasteiger partial charge in [-0.1, -0.05) is 94.3 Å². The summed E-state index contributed by atoms with van der Waals surface area (Å²) >= 11 is 0. The lowest BCUT2D eigenvalue weighted by molar-refractivity contribution is 0.553. The van der Waals surface area contributed by atoms with Crippen LogP contribution in [-0.4, -0.2) is 26.2 Å². The lowest BCUT2D eigenvalue weighted by Gasteiger charge is -2.19. The smallest absolute Gasteiger partial charge is 0.115 e. The Labute approximate surface area is 241 Å². The molecule has 6 heteroatoms. The van der Waals surface area contributed by atoms with Crippen LogP contribution >= 0.6 is 0 Å². The average molecular weight is 543 g/mol. The Balaban J connectivity index is 1.25. The molecule has 41 heavy (non-hydrogen) atoms. The molecule has 0 amide bonds. The van der Waals surface area contributed by atoms with Crippen molar-refractivity contribution in [2.75, 3.05) is 5.01 Å². The third kappa shape index (κ3) is 6.02. The summed E-state index contributed by atoms with van der Waals surface area (Å²) in [6.45, 7) is 3.33. The van der Waals surface area contributed by atoms with E-state index in [1.807, 2.05) is 47.6 Å². The zero-order valence-corrected chi connectivity index (χ0v) is 23.8. The molecule has 0 aliphatic heterocycles. The predicted octanol–water partition coefficient (Wildman–Crippen LogP) is 9.38. The highest BCUT2D eigenvalue weighted by Crippen LogP contribution is 2.31. The topological polar surface area (TPSA) is 62.1 Å². The van der Waals surface area contributed by atoms with Crippen LogP contribution in [0.15, 0.2) is 96.1 Å². The number of rotatable bonds is 13. The molecule has 0 radical (unpaired) electrons. The number of para-hydroxylation sites is 2. The molecule has 6 aromatic rings. The summed E-state index contributed by atoms with van der Waals surface area (Å²) in [6, 6.07) is 31.7. The van der Waals surface area contributed by atoms with Crippen molar-refractivity contribution < 1.29 is 0 Å². The number of H-pyrrole nitrogens is 1. The van der Waals surface area contributed by atoms with Gasteiger partial charge in [-0.15, -0.1) is 0 Å². The van der Waals surface area contributed by atoms with Crippen LogP contribution in [0.4, 0.5) is 11.4 Å². The Morgan fingerprint density at radius 2 is 1.41 bits per heavy atom. The molecule has 0 atom stereocenters. The van der Waals surface area contributed by atoms with Gasteiger partial charge in [0.1, 0.15) is 11.0 Å². The third-order valence-electron chi connectivity index (χ3n) is 7.90. The molecule has 4 aromatic carbocycles. The molecule has 208 valence electrons. The third-order valence-corrected chi connectivity index (χ3v) is 7.90. The van der Waals surface area contributed by atoms with Gasteiger partial charge in [-0.3, -0.25) is 0 Å². The lowest BCUT2D eigenvalue weighted by atomic mass is 10.1. The molecule has 6 rings (SSSR count). The molecular formula is C35H38N6. The van der Waals surface area contributed by atoms with Gasteiger partial charge in [0.05, 0.1) is 17.6 Å². The molecule has 6 nitrogen and oxygen atoms in total. The molecule has 0 unspecified atom stereocenters. The van der Waals surface area contributed by atoms with Crippen LogP contribution in [0.25, 0.3) is 32.8 Å². The highest BCUT2D eigenvalue weighted by Gasteiger charge is 2.12. The normalized spacial score (nSPS) is 11.8. The molecular weight excluding hydrogens is 504 g/mol. The number of aromatic nitrogens is 4. The molecule has 0 saturated heterocycles. The summed E-state index contributed by atoms with van der Waals surface area (Å²) in [4.78, 5) is 0. The molecule has 0 saturated carbocycles. The van der Waals surface area contributed by atoms with E-state index in [2.05, 4.69) is 81.5 Å². The standard InChI is InChI=1S/C35H38N6/c1-2-3-4-5-6-7-8-14-23-40-34-18-13-12-17-30(34)31-24-27(19-22-35(31)40)26-36-41(28-15-10-9-11-16-28)29-20-21-32-33(25-29)38-39-37-32/h9-13,15-22,24-26H,2-8,14,23H2,1H3,(H,37,38,39). The SMILES string of the molecule is CCCCCCCCCCn1c2ccccc2c2cc(C=NN(c3ccccc3)c3ccc4n[nH]nc4c3)ccc21. The van der Waals surface area contributed by atoms with Crippen molar-refractivity contribution in [3.8, 4) is 0 Å². The summed E-state index contributed by atoms with van der Waals surface area (Å²) in [7, 11) is 0. The number of nitrogens with one attached hydrogen (secondary N) is 1. The highest BCUT2D eigenvalue weighted by atomic mass is 15.5. The fourth-order valence-electron chi connectivity index (χ4n) is 5.73. The maximum atomic E-state index is 4.96. The van der Waals surface area contributed by atoms with Gasteiger partial charge in [0.15, 0.2) is 0 Å². The number of anilines is 2. The van der Waals surface area contributed by atoms with Crippen LogP contribution < -0.4 is 5.01 Å². The van der Waals surface area contributed by atoms with E-state index >= 15 is 0 Å². The van der Waals surface area contributed by atoms with E-state index in [9.17, 15) is 0 Å². The fraction of sp³-hybridized carbons (Fsp3) is 0.286. The minimum absolute atomic E-state index is 0.810. The van der Waals surface area contributed by atoms with Crippen molar-refractivity contribution in [1.82, 2.24) is 20.0 Å². The van der Waals surface area contributed by atoms with Crippen LogP contribution in [0.5, 0.6) is 0 Å². The summed E-state index contributed by atoms with van der Waals surface area (Å²) in [5.74, 6) is 0. The average Bonchev–Trinajstić information content (AvgIpc) is 3.61. The van der Waals surface area contributed by atoms with E-state index in [0.29, 0.717) is 0 Å². The molecule has 0 aliphatic rings. The number of unbranched alkanes of at least 4 members (excludes halogenated alkanes) is 7. The van der Waals surface area contributed by atoms with Crippen molar-refractivity contribution in [2.24, 2.45) is 5.10 Å². The quantitative estimate of drug-likeness (QED) is 0.0898. The molecule has 1 N–H and O–H groups in total. The summed E-state index contributed by atoms with van der Waals surface area (Å²) in [6.07, 6.45) is 12.6. The maximum absolute atomic E-state index is 4.96. The first-order chi connectivity index (χ1) is 20.3. The number of hydrogen-bond acceptors (Lipinski definition) is 4. The van der Waals surface area contributed by atoms with Gasteiger partial charge in [-0.05, 0) is 60.5 Å². The largest absolute Gasteiger partial charge is 0.340 e. The number of aromatic amines is 1. The molecule has 0 aliphatic carbocycles. The van der Waals surface area contributed by atoms with Gasteiger partial charge in [-0.2, -0.15) is 20.5 Å². The molecule has 2 heterocycles. The van der Waals surface area contributed by atoms with Crippen molar-refractivity contribution in [1.29, 1.82) is 0 Å². The monoisotopic (exact) mass is 542 g/mol. The zero-order valence-electron chi connectivity index (χ0n) is 23.8. The number of benzene rings is 4. The minimum Gasteiger partial charge on any atom is -0.340 e. The van der Waals surface area contributed by atoms with Crippen LogP contribution in [0.3, 0.4) is 0 Å². The number of nitrogens with zero attached hydrogens (tertiary/aromatic N) is 5. The highest BCUT2D eigenvalue weighted by molar-refractivity contribution is 6.09. The first-order valence-electron chi connectivity index (χ1n) is 15.0. The second kappa shape index (κ2) is 12.8. The van der Waals surface area contributed by atoms with Crippen molar-refractivity contribution >= 4 is 50.4 Å². The Bertz CT molecular complexity index is 1750. The van der Waals surface area contributed by atoms with Gasteiger partial charge in [0.2, 0.25) is 0 Å². The van der Waals surface area contributed by atoms with Crippen molar-refractivity contribution in [2.45, 2.75) is 64.8 Å². The van der Waals surface area contributed by atoms with Crippen LogP contribution in [-0.2, 0) is 6.54 Å². The van der Waals surface area contributed by atoms with E-state index in [-0.39, 0.29) is 0 Å². The first kappa shape index (κ1) is 26.8. The lowest BCUT2D eigenvalue weighted by Crippen LogP contribution is -2.09. The van der Waals surface area contributed by atoms with Gasteiger partial charge in [0.25, 0.3) is 0 Å². The molecule has 0 fully saturated rings. The maximum Gasteiger partial charge on any atom is 0.115 e. The summed E-state index contributed by atoms with van der Waals surface area (Å²) in [5, 5.41) is 20.6. The molecule has 0 bridgehead atoms. The number of fused-ring (bicyclic) bond motifs is 4. The van der Waals surface area contributed by atoms with E-state index < -0.39 is 0 Å². The van der Waals surface area contributed by atoms with Gasteiger partial charge in [-0.25, -0.2) is 5.01 Å². The Kier molecular flexibility index (Phi) is 8.36. The Hall–Kier alpha value is -4.45. The molecule has 0 spiro atoms. The zero-order chi connectivity index (χ0) is 27.9. The van der Waals surface area contributed by atoms with Crippen LogP contribution in [0.2, 0.25) is 0 Å². The summed E-state index contributed by atoms with van der Waals surface area (Å²) < 4.78 is 2.51. The van der Waals surface area contributed by atoms with E-state index in [0.717, 1.165) is 34.5 Å². The van der Waals surface area contributed by atoms with E-state index in [1.54, 1.807) is 0 Å². The fourth-order valence-corrected chi connectivity index (χ4v) is 5.73. The first-order valence-corrected chi connectivity index (χ1v) is 15.0. The van der Waals surface area contributed by atoms with Crippen LogP contribution in [0.1, 0.15) is 63.9 Å². The van der Waals surface area contributed by atoms with E-state index in [1.165, 1.54) is 73.2 Å². The van der Waals surface area contributed by atoms with Gasteiger partial charge < -0.3 is 4.57 Å². The minimum atomic E-state index is 0.810. The Morgan fingerprint density at radius 3 is 2.27 bits per heavy atom. The van der Waals surface area contributed by atoms with Crippen molar-refractivity contribution in [3.05, 3.63) is 96.6 Å². The van der Waals surface area contributed by atoms with Gasteiger partial charge >= 0.3 is 0 Å².